The fourth-order valence-electron chi connectivity index (χ4n) is 2.73. The van der Waals surface area contributed by atoms with Gasteiger partial charge in [-0.1, -0.05) is 12.1 Å². The molecule has 1 aliphatic rings. The van der Waals surface area contributed by atoms with Gasteiger partial charge in [0.15, 0.2) is 17.2 Å². The highest BCUT2D eigenvalue weighted by Gasteiger charge is 2.24. The summed E-state index contributed by atoms with van der Waals surface area (Å²) >= 11 is 0. The fraction of sp³-hybridized carbons (Fsp3) is 0.267. The normalized spacial score (nSPS) is 16.9. The number of halogens is 3. The number of fused-ring (bicyclic) bond motifs is 2. The number of hydrogen-bond donors (Lipinski definition) is 1. The van der Waals surface area contributed by atoms with E-state index in [4.69, 9.17) is 4.74 Å². The number of anilines is 1. The number of nitrogens with one attached hydrogen (secondary N) is 1. The Bertz CT molecular complexity index is 898. The first-order valence-electron chi connectivity index (χ1n) is 7.32. The van der Waals surface area contributed by atoms with Gasteiger partial charge in [0.05, 0.1) is 12.6 Å². The Balaban J connectivity index is 1.68. The van der Waals surface area contributed by atoms with Gasteiger partial charge in [0.1, 0.15) is 5.82 Å². The minimum Gasteiger partial charge on any atom is -0.490 e. The van der Waals surface area contributed by atoms with Gasteiger partial charge < -0.3 is 10.1 Å². The first-order valence-corrected chi connectivity index (χ1v) is 7.32. The molecule has 0 unspecified atom stereocenters. The second kappa shape index (κ2) is 5.66. The summed E-state index contributed by atoms with van der Waals surface area (Å²) in [4.78, 5) is 0. The summed E-state index contributed by atoms with van der Waals surface area (Å²) in [5, 5.41) is 14.3. The van der Waals surface area contributed by atoms with E-state index in [9.17, 15) is 13.2 Å². The lowest BCUT2D eigenvalue weighted by atomic mass is 10.0. The summed E-state index contributed by atoms with van der Waals surface area (Å²) in [6.07, 6.45) is -2.18. The van der Waals surface area contributed by atoms with E-state index in [-0.39, 0.29) is 17.4 Å². The molecule has 4 rings (SSSR count). The van der Waals surface area contributed by atoms with Crippen LogP contribution in [0.4, 0.5) is 19.0 Å². The third kappa shape index (κ3) is 2.41. The Morgan fingerprint density at radius 2 is 2.08 bits per heavy atom. The highest BCUT2D eigenvalue weighted by Crippen LogP contribution is 2.35. The summed E-state index contributed by atoms with van der Waals surface area (Å²) in [6, 6.07) is 7.62. The lowest BCUT2D eigenvalue weighted by molar-refractivity contribution is 0.137. The number of nitrogens with zero attached hydrogens (tertiary/aromatic N) is 4. The molecule has 2 aromatic heterocycles. The van der Waals surface area contributed by atoms with Crippen molar-refractivity contribution in [2.75, 3.05) is 11.9 Å². The highest BCUT2D eigenvalue weighted by molar-refractivity contribution is 5.48. The maximum atomic E-state index is 13.8. The molecule has 0 saturated carbocycles. The molecule has 124 valence electrons. The van der Waals surface area contributed by atoms with Gasteiger partial charge in [-0.05, 0) is 18.2 Å². The van der Waals surface area contributed by atoms with Crippen molar-refractivity contribution in [2.45, 2.75) is 18.9 Å². The average molecular weight is 335 g/mol. The van der Waals surface area contributed by atoms with Crippen molar-refractivity contribution in [2.24, 2.45) is 0 Å². The van der Waals surface area contributed by atoms with E-state index in [0.29, 0.717) is 24.4 Å². The number of benzene rings is 1. The topological polar surface area (TPSA) is 64.3 Å². The lowest BCUT2D eigenvalue weighted by Crippen LogP contribution is -2.22. The molecular formula is C15H12F3N5O. The third-order valence-electron chi connectivity index (χ3n) is 3.83. The van der Waals surface area contributed by atoms with Crippen LogP contribution in [0, 0.1) is 5.82 Å². The number of para-hydroxylation sites is 1. The largest absolute Gasteiger partial charge is 0.490 e. The van der Waals surface area contributed by atoms with E-state index in [1.807, 2.05) is 0 Å². The molecule has 0 aliphatic carbocycles. The molecule has 1 aliphatic heterocycles. The van der Waals surface area contributed by atoms with Crippen LogP contribution in [0.3, 0.4) is 0 Å². The van der Waals surface area contributed by atoms with Gasteiger partial charge in [-0.2, -0.15) is 4.52 Å². The molecule has 24 heavy (non-hydrogen) atoms. The van der Waals surface area contributed by atoms with Gasteiger partial charge in [0, 0.05) is 12.0 Å². The molecule has 0 amide bonds. The van der Waals surface area contributed by atoms with E-state index >= 15 is 0 Å². The molecular weight excluding hydrogens is 323 g/mol. The number of ether oxygens (including phenoxy) is 1. The van der Waals surface area contributed by atoms with Crippen LogP contribution < -0.4 is 10.1 Å². The second-order valence-corrected chi connectivity index (χ2v) is 5.34. The Hall–Kier alpha value is -2.84. The van der Waals surface area contributed by atoms with Crippen LogP contribution in [0.15, 0.2) is 30.3 Å². The van der Waals surface area contributed by atoms with Crippen LogP contribution in [-0.4, -0.2) is 26.4 Å². The van der Waals surface area contributed by atoms with Crippen LogP contribution in [0.2, 0.25) is 0 Å². The standard InChI is InChI=1S/C15H12F3N5O/c16-9-3-1-2-8-10(6-7-24-13(8)9)19-11-4-5-12-20-21-15(14(17)18)23(12)22-11/h1-5,10,14H,6-7H2,(H,19,22)/t10-/m0/s1. The van der Waals surface area contributed by atoms with Crippen molar-refractivity contribution in [3.63, 3.8) is 0 Å². The van der Waals surface area contributed by atoms with Crippen molar-refractivity contribution in [1.29, 1.82) is 0 Å². The van der Waals surface area contributed by atoms with Crippen LogP contribution in [-0.2, 0) is 0 Å². The predicted octanol–water partition coefficient (Wildman–Crippen LogP) is 3.14. The molecule has 3 heterocycles. The molecule has 1 aromatic carbocycles. The molecule has 3 aromatic rings. The summed E-state index contributed by atoms with van der Waals surface area (Å²) in [6.45, 7) is 0.350. The Morgan fingerprint density at radius 1 is 1.21 bits per heavy atom. The number of alkyl halides is 2. The Kier molecular flexibility index (Phi) is 3.47. The van der Waals surface area contributed by atoms with Gasteiger partial charge >= 0.3 is 0 Å². The minimum atomic E-state index is -2.78. The van der Waals surface area contributed by atoms with Gasteiger partial charge in [-0.25, -0.2) is 13.2 Å². The van der Waals surface area contributed by atoms with Crippen LogP contribution >= 0.6 is 0 Å². The molecule has 0 saturated heterocycles. The van der Waals surface area contributed by atoms with Crippen LogP contribution in [0.5, 0.6) is 5.75 Å². The van der Waals surface area contributed by atoms with Crippen molar-refractivity contribution >= 4 is 11.5 Å². The zero-order chi connectivity index (χ0) is 16.7. The van der Waals surface area contributed by atoms with E-state index < -0.39 is 18.1 Å². The summed E-state index contributed by atoms with van der Waals surface area (Å²) in [7, 11) is 0. The number of aromatic nitrogens is 4. The monoisotopic (exact) mass is 335 g/mol. The zero-order valence-corrected chi connectivity index (χ0v) is 12.3. The molecule has 0 fully saturated rings. The average Bonchev–Trinajstić information content (AvgIpc) is 2.99. The predicted molar refractivity (Wildman–Crippen MR) is 78.6 cm³/mol. The molecule has 1 N–H and O–H groups in total. The molecule has 0 radical (unpaired) electrons. The second-order valence-electron chi connectivity index (χ2n) is 5.34. The highest BCUT2D eigenvalue weighted by atomic mass is 19.3. The van der Waals surface area contributed by atoms with Gasteiger partial charge in [-0.15, -0.1) is 15.3 Å². The van der Waals surface area contributed by atoms with E-state index in [1.165, 1.54) is 6.07 Å². The van der Waals surface area contributed by atoms with Crippen molar-refractivity contribution < 1.29 is 17.9 Å². The SMILES string of the molecule is Fc1cccc2c1OCC[C@@H]2Nc1ccc2nnc(C(F)F)n2n1. The minimum absolute atomic E-state index is 0.208. The van der Waals surface area contributed by atoms with Crippen molar-refractivity contribution in [3.8, 4) is 5.75 Å². The lowest BCUT2D eigenvalue weighted by Gasteiger charge is -2.27. The first-order chi connectivity index (χ1) is 11.6. The maximum absolute atomic E-state index is 13.8. The first kappa shape index (κ1) is 14.7. The van der Waals surface area contributed by atoms with E-state index in [2.05, 4.69) is 20.6 Å². The molecule has 0 bridgehead atoms. The van der Waals surface area contributed by atoms with Crippen molar-refractivity contribution in [1.82, 2.24) is 19.8 Å². The van der Waals surface area contributed by atoms with Crippen LogP contribution in [0.1, 0.15) is 30.3 Å². The number of rotatable bonds is 3. The quantitative estimate of drug-likeness (QED) is 0.797. The van der Waals surface area contributed by atoms with Gasteiger partial charge in [0.2, 0.25) is 5.82 Å². The Labute approximate surface area is 134 Å². The summed E-state index contributed by atoms with van der Waals surface area (Å²) in [5.41, 5.74) is 0.898. The summed E-state index contributed by atoms with van der Waals surface area (Å²) < 4.78 is 46.0. The molecule has 6 nitrogen and oxygen atoms in total. The van der Waals surface area contributed by atoms with Crippen LogP contribution in [0.25, 0.3) is 5.65 Å². The van der Waals surface area contributed by atoms with E-state index in [1.54, 1.807) is 24.3 Å². The number of hydrogen-bond acceptors (Lipinski definition) is 5. The Morgan fingerprint density at radius 3 is 2.92 bits per heavy atom. The van der Waals surface area contributed by atoms with Crippen molar-refractivity contribution in [3.05, 3.63) is 47.5 Å². The van der Waals surface area contributed by atoms with Gasteiger partial charge in [0.25, 0.3) is 6.43 Å². The smallest absolute Gasteiger partial charge is 0.299 e. The summed E-state index contributed by atoms with van der Waals surface area (Å²) in [5.74, 6) is -0.375. The zero-order valence-electron chi connectivity index (χ0n) is 12.3. The maximum Gasteiger partial charge on any atom is 0.299 e. The fourth-order valence-corrected chi connectivity index (χ4v) is 2.73. The molecule has 0 spiro atoms. The third-order valence-corrected chi connectivity index (χ3v) is 3.83. The molecule has 1 atom stereocenters. The van der Waals surface area contributed by atoms with E-state index in [0.717, 1.165) is 4.52 Å². The molecule has 9 heteroatoms. The van der Waals surface area contributed by atoms with Gasteiger partial charge in [-0.3, -0.25) is 0 Å².